The minimum absolute atomic E-state index is 0.495. The second-order valence-electron chi connectivity index (χ2n) is 5.47. The van der Waals surface area contributed by atoms with Gasteiger partial charge in [-0.25, -0.2) is 0 Å². The van der Waals surface area contributed by atoms with E-state index in [1.54, 1.807) is 0 Å². The Bertz CT molecular complexity index is 197. The molecule has 17 heavy (non-hydrogen) atoms. The van der Waals surface area contributed by atoms with Gasteiger partial charge in [-0.2, -0.15) is 0 Å². The highest BCUT2D eigenvalue weighted by molar-refractivity contribution is 5.78. The van der Waals surface area contributed by atoms with Gasteiger partial charge in [-0.15, -0.1) is 0 Å². The van der Waals surface area contributed by atoms with Crippen molar-refractivity contribution in [3.8, 4) is 0 Å². The summed E-state index contributed by atoms with van der Waals surface area (Å²) in [6, 6.07) is 0. The van der Waals surface area contributed by atoms with Crippen LogP contribution in [0.25, 0.3) is 0 Å². The van der Waals surface area contributed by atoms with E-state index in [0.29, 0.717) is 11.7 Å². The molecule has 0 bridgehead atoms. The summed E-state index contributed by atoms with van der Waals surface area (Å²) in [5, 5.41) is 3.38. The monoisotopic (exact) mass is 239 g/mol. The molecule has 1 atom stereocenters. The standard InChI is InChI=1S/C15H29NO/c1-2-3-4-5-6-7-10-15(17)12-14-9-8-11-16-13-14/h14,16H,2-13H2,1H3. The highest BCUT2D eigenvalue weighted by atomic mass is 16.1. The summed E-state index contributed by atoms with van der Waals surface area (Å²) in [5.74, 6) is 1.12. The van der Waals surface area contributed by atoms with E-state index in [2.05, 4.69) is 12.2 Å². The number of unbranched alkanes of at least 4 members (excludes halogenated alkanes) is 5. The Morgan fingerprint density at radius 3 is 2.65 bits per heavy atom. The maximum absolute atomic E-state index is 11.8. The molecular weight excluding hydrogens is 210 g/mol. The van der Waals surface area contributed by atoms with Crippen LogP contribution in [0, 0.1) is 5.92 Å². The van der Waals surface area contributed by atoms with E-state index in [1.165, 1.54) is 44.9 Å². The van der Waals surface area contributed by atoms with Crippen LogP contribution in [-0.4, -0.2) is 18.9 Å². The average molecular weight is 239 g/mol. The van der Waals surface area contributed by atoms with Crippen molar-refractivity contribution in [1.82, 2.24) is 5.32 Å². The fourth-order valence-corrected chi connectivity index (χ4v) is 2.62. The van der Waals surface area contributed by atoms with Gasteiger partial charge in [0.2, 0.25) is 0 Å². The second-order valence-corrected chi connectivity index (χ2v) is 5.47. The molecule has 1 saturated heterocycles. The third-order valence-electron chi connectivity index (χ3n) is 3.72. The van der Waals surface area contributed by atoms with Gasteiger partial charge in [0, 0.05) is 12.8 Å². The van der Waals surface area contributed by atoms with Crippen LogP contribution < -0.4 is 5.32 Å². The number of carbonyl (C=O) groups excluding carboxylic acids is 1. The Morgan fingerprint density at radius 2 is 1.94 bits per heavy atom. The van der Waals surface area contributed by atoms with Crippen molar-refractivity contribution in [1.29, 1.82) is 0 Å². The van der Waals surface area contributed by atoms with Gasteiger partial charge in [0.05, 0.1) is 0 Å². The maximum Gasteiger partial charge on any atom is 0.133 e. The van der Waals surface area contributed by atoms with Crippen molar-refractivity contribution in [2.45, 2.75) is 71.1 Å². The molecule has 1 heterocycles. The third-order valence-corrected chi connectivity index (χ3v) is 3.72. The van der Waals surface area contributed by atoms with Crippen molar-refractivity contribution < 1.29 is 4.79 Å². The molecule has 0 radical (unpaired) electrons. The lowest BCUT2D eigenvalue weighted by Crippen LogP contribution is -2.31. The molecule has 1 N–H and O–H groups in total. The first-order chi connectivity index (χ1) is 8.33. The summed E-state index contributed by atoms with van der Waals surface area (Å²) < 4.78 is 0. The quantitative estimate of drug-likeness (QED) is 0.622. The van der Waals surface area contributed by atoms with E-state index in [-0.39, 0.29) is 0 Å². The molecule has 0 aromatic carbocycles. The smallest absolute Gasteiger partial charge is 0.133 e. The predicted octanol–water partition coefficient (Wildman–Crippen LogP) is 3.70. The van der Waals surface area contributed by atoms with Crippen LogP contribution in [0.2, 0.25) is 0 Å². The number of ketones is 1. The first-order valence-electron chi connectivity index (χ1n) is 7.55. The predicted molar refractivity (Wildman–Crippen MR) is 73.2 cm³/mol. The van der Waals surface area contributed by atoms with Gasteiger partial charge in [0.1, 0.15) is 5.78 Å². The van der Waals surface area contributed by atoms with Crippen LogP contribution in [0.15, 0.2) is 0 Å². The molecule has 100 valence electrons. The van der Waals surface area contributed by atoms with E-state index >= 15 is 0 Å². The maximum atomic E-state index is 11.8. The molecule has 2 heteroatoms. The fraction of sp³-hybridized carbons (Fsp3) is 0.933. The Labute approximate surface area is 107 Å². The Morgan fingerprint density at radius 1 is 1.18 bits per heavy atom. The molecule has 0 amide bonds. The van der Waals surface area contributed by atoms with Crippen LogP contribution in [0.1, 0.15) is 71.1 Å². The second kappa shape index (κ2) is 9.64. The van der Waals surface area contributed by atoms with Crippen molar-refractivity contribution >= 4 is 5.78 Å². The van der Waals surface area contributed by atoms with E-state index in [4.69, 9.17) is 0 Å². The molecule has 1 rings (SSSR count). The summed E-state index contributed by atoms with van der Waals surface area (Å²) >= 11 is 0. The molecule has 0 saturated carbocycles. The van der Waals surface area contributed by atoms with Gasteiger partial charge >= 0.3 is 0 Å². The minimum Gasteiger partial charge on any atom is -0.316 e. The molecule has 1 aliphatic heterocycles. The van der Waals surface area contributed by atoms with Crippen LogP contribution in [0.4, 0.5) is 0 Å². The number of piperidine rings is 1. The first kappa shape index (κ1) is 14.7. The highest BCUT2D eigenvalue weighted by Crippen LogP contribution is 2.16. The lowest BCUT2D eigenvalue weighted by atomic mass is 9.92. The molecule has 1 aliphatic rings. The lowest BCUT2D eigenvalue weighted by molar-refractivity contribution is -0.120. The third kappa shape index (κ3) is 7.54. The fourth-order valence-electron chi connectivity index (χ4n) is 2.62. The highest BCUT2D eigenvalue weighted by Gasteiger charge is 2.16. The number of nitrogens with one attached hydrogen (secondary N) is 1. The van der Waals surface area contributed by atoms with Crippen molar-refractivity contribution in [3.63, 3.8) is 0 Å². The molecule has 2 nitrogen and oxygen atoms in total. The molecule has 1 fully saturated rings. The molecular formula is C15H29NO. The zero-order valence-electron chi connectivity index (χ0n) is 11.5. The van der Waals surface area contributed by atoms with Crippen LogP contribution >= 0.6 is 0 Å². The molecule has 0 aromatic rings. The summed E-state index contributed by atoms with van der Waals surface area (Å²) in [6.45, 7) is 4.44. The summed E-state index contributed by atoms with van der Waals surface area (Å²) in [7, 11) is 0. The number of hydrogen-bond acceptors (Lipinski definition) is 2. The molecule has 0 aliphatic carbocycles. The number of carbonyl (C=O) groups is 1. The topological polar surface area (TPSA) is 29.1 Å². The average Bonchev–Trinajstić information content (AvgIpc) is 2.35. The Hall–Kier alpha value is -0.370. The van der Waals surface area contributed by atoms with Gasteiger partial charge in [-0.1, -0.05) is 39.0 Å². The summed E-state index contributed by atoms with van der Waals surface area (Å²) in [4.78, 5) is 11.8. The van der Waals surface area contributed by atoms with Gasteiger partial charge in [-0.3, -0.25) is 4.79 Å². The summed E-state index contributed by atoms with van der Waals surface area (Å²) in [6.07, 6.45) is 11.8. The van der Waals surface area contributed by atoms with E-state index in [0.717, 1.165) is 32.4 Å². The van der Waals surface area contributed by atoms with Gasteiger partial charge < -0.3 is 5.32 Å². The minimum atomic E-state index is 0.495. The van der Waals surface area contributed by atoms with Crippen molar-refractivity contribution in [3.05, 3.63) is 0 Å². The van der Waals surface area contributed by atoms with Gasteiger partial charge in [-0.05, 0) is 38.3 Å². The van der Waals surface area contributed by atoms with Crippen LogP contribution in [-0.2, 0) is 4.79 Å². The normalized spacial score (nSPS) is 20.4. The van der Waals surface area contributed by atoms with E-state index in [1.807, 2.05) is 0 Å². The van der Waals surface area contributed by atoms with Crippen LogP contribution in [0.5, 0.6) is 0 Å². The SMILES string of the molecule is CCCCCCCCC(=O)CC1CCCNC1. The number of rotatable bonds is 9. The molecule has 0 aromatic heterocycles. The molecule has 1 unspecified atom stereocenters. The zero-order chi connectivity index (χ0) is 12.3. The Balaban J connectivity index is 1.93. The van der Waals surface area contributed by atoms with E-state index in [9.17, 15) is 4.79 Å². The van der Waals surface area contributed by atoms with Gasteiger partial charge in [0.15, 0.2) is 0 Å². The molecule has 0 spiro atoms. The van der Waals surface area contributed by atoms with Crippen molar-refractivity contribution in [2.75, 3.05) is 13.1 Å². The van der Waals surface area contributed by atoms with Crippen LogP contribution in [0.3, 0.4) is 0 Å². The first-order valence-corrected chi connectivity index (χ1v) is 7.55. The lowest BCUT2D eigenvalue weighted by Gasteiger charge is -2.21. The summed E-state index contributed by atoms with van der Waals surface area (Å²) in [5.41, 5.74) is 0. The number of hydrogen-bond donors (Lipinski definition) is 1. The van der Waals surface area contributed by atoms with Crippen molar-refractivity contribution in [2.24, 2.45) is 5.92 Å². The Kier molecular flexibility index (Phi) is 8.33. The van der Waals surface area contributed by atoms with E-state index < -0.39 is 0 Å². The zero-order valence-corrected chi connectivity index (χ0v) is 11.5. The largest absolute Gasteiger partial charge is 0.316 e. The van der Waals surface area contributed by atoms with Gasteiger partial charge in [0.25, 0.3) is 0 Å². The number of Topliss-reactive ketones (excluding diaryl/α,β-unsaturated/α-hetero) is 1.